The molecule has 1 N–H and O–H groups in total. The third-order valence-electron chi connectivity index (χ3n) is 2.46. The first-order chi connectivity index (χ1) is 8.54. The Labute approximate surface area is 107 Å². The Morgan fingerprint density at radius 1 is 1.44 bits per heavy atom. The van der Waals surface area contributed by atoms with Crippen LogP contribution < -0.4 is 10.3 Å². The summed E-state index contributed by atoms with van der Waals surface area (Å²) in [5.41, 5.74) is -0.392. The molecule has 94 valence electrons. The molecule has 0 bridgehead atoms. The average Bonchev–Trinajstić information content (AvgIpc) is 2.35. The van der Waals surface area contributed by atoms with E-state index in [4.69, 9.17) is 16.3 Å². The maximum Gasteiger partial charge on any atom is 0.287 e. The average molecular weight is 269 g/mol. The lowest BCUT2D eigenvalue weighted by molar-refractivity contribution is 0.416. The summed E-state index contributed by atoms with van der Waals surface area (Å²) in [5.74, 6) is -0.261. The number of nitrogens with one attached hydrogen (secondary N) is 1. The van der Waals surface area contributed by atoms with Crippen LogP contribution in [0.1, 0.15) is 5.69 Å². The zero-order chi connectivity index (χ0) is 13.3. The summed E-state index contributed by atoms with van der Waals surface area (Å²) < 4.78 is 18.4. The number of hydrogen-bond donors (Lipinski definition) is 1. The molecule has 1 aromatic heterocycles. The van der Waals surface area contributed by atoms with Crippen molar-refractivity contribution in [1.82, 2.24) is 9.97 Å². The molecule has 0 unspecified atom stereocenters. The summed E-state index contributed by atoms with van der Waals surface area (Å²) in [4.78, 5) is 17.7. The van der Waals surface area contributed by atoms with E-state index in [0.29, 0.717) is 16.3 Å². The smallest absolute Gasteiger partial charge is 0.287 e. The zero-order valence-corrected chi connectivity index (χ0v) is 10.5. The number of rotatable bonds is 2. The van der Waals surface area contributed by atoms with Gasteiger partial charge in [0.05, 0.1) is 23.4 Å². The van der Waals surface area contributed by atoms with Crippen LogP contribution in [-0.2, 0) is 0 Å². The Morgan fingerprint density at radius 3 is 2.78 bits per heavy atom. The molecular weight excluding hydrogens is 259 g/mol. The number of halogens is 2. The summed E-state index contributed by atoms with van der Waals surface area (Å²) >= 11 is 6.05. The molecule has 0 atom stereocenters. The van der Waals surface area contributed by atoms with Gasteiger partial charge in [-0.2, -0.15) is 4.39 Å². The summed E-state index contributed by atoms with van der Waals surface area (Å²) in [7, 11) is 1.48. The standard InChI is InChI=1S/C12H10ClFN2O2/c1-6-10(14)12(17)16-11(15-6)9-7(13)4-3-5-8(9)18-2/h3-5H,1-2H3,(H,15,16,17). The van der Waals surface area contributed by atoms with Crippen molar-refractivity contribution in [3.05, 3.63) is 45.1 Å². The fourth-order valence-electron chi connectivity index (χ4n) is 1.59. The highest BCUT2D eigenvalue weighted by atomic mass is 35.5. The lowest BCUT2D eigenvalue weighted by Gasteiger charge is -2.10. The van der Waals surface area contributed by atoms with Crippen LogP contribution in [0.25, 0.3) is 11.4 Å². The van der Waals surface area contributed by atoms with Crippen molar-refractivity contribution in [3.63, 3.8) is 0 Å². The van der Waals surface area contributed by atoms with Crippen molar-refractivity contribution < 1.29 is 9.13 Å². The highest BCUT2D eigenvalue weighted by molar-refractivity contribution is 6.33. The molecule has 4 nitrogen and oxygen atoms in total. The Balaban J connectivity index is 2.73. The van der Waals surface area contributed by atoms with E-state index in [1.165, 1.54) is 14.0 Å². The van der Waals surface area contributed by atoms with Crippen LogP contribution in [0.15, 0.2) is 23.0 Å². The number of nitrogens with zero attached hydrogens (tertiary/aromatic N) is 1. The quantitative estimate of drug-likeness (QED) is 0.911. The van der Waals surface area contributed by atoms with Gasteiger partial charge in [0.15, 0.2) is 0 Å². The summed E-state index contributed by atoms with van der Waals surface area (Å²) in [5, 5.41) is 0.364. The second-order valence-corrected chi connectivity index (χ2v) is 4.04. The minimum Gasteiger partial charge on any atom is -0.496 e. The number of ether oxygens (including phenoxy) is 1. The zero-order valence-electron chi connectivity index (χ0n) is 9.75. The monoisotopic (exact) mass is 268 g/mol. The summed E-state index contributed by atoms with van der Waals surface area (Å²) in [6, 6.07) is 5.02. The van der Waals surface area contributed by atoms with E-state index in [1.807, 2.05) is 0 Å². The predicted molar refractivity (Wildman–Crippen MR) is 66.6 cm³/mol. The van der Waals surface area contributed by atoms with Crippen LogP contribution in [0.2, 0.25) is 5.02 Å². The van der Waals surface area contributed by atoms with Gasteiger partial charge in [-0.3, -0.25) is 4.79 Å². The van der Waals surface area contributed by atoms with Gasteiger partial charge >= 0.3 is 0 Å². The third kappa shape index (κ3) is 2.09. The number of H-pyrrole nitrogens is 1. The van der Waals surface area contributed by atoms with Crippen molar-refractivity contribution >= 4 is 11.6 Å². The Bertz CT molecular complexity index is 655. The molecule has 1 heterocycles. The molecule has 18 heavy (non-hydrogen) atoms. The maximum atomic E-state index is 13.2. The molecule has 0 amide bonds. The first kappa shape index (κ1) is 12.6. The van der Waals surface area contributed by atoms with Crippen LogP contribution in [0.3, 0.4) is 0 Å². The molecule has 2 aromatic rings. The van der Waals surface area contributed by atoms with Crippen LogP contribution in [0.4, 0.5) is 4.39 Å². The van der Waals surface area contributed by atoms with Gasteiger partial charge < -0.3 is 9.72 Å². The van der Waals surface area contributed by atoms with Gasteiger partial charge in [-0.25, -0.2) is 4.98 Å². The minimum absolute atomic E-state index is 0.00993. The predicted octanol–water partition coefficient (Wildman–Crippen LogP) is 2.55. The van der Waals surface area contributed by atoms with Gasteiger partial charge in [0, 0.05) is 0 Å². The van der Waals surface area contributed by atoms with Gasteiger partial charge in [0.25, 0.3) is 5.56 Å². The van der Waals surface area contributed by atoms with Gasteiger partial charge in [-0.1, -0.05) is 17.7 Å². The maximum absolute atomic E-state index is 13.2. The molecular formula is C12H10ClFN2O2. The van der Waals surface area contributed by atoms with Crippen molar-refractivity contribution in [2.75, 3.05) is 7.11 Å². The molecule has 0 spiro atoms. The molecule has 0 radical (unpaired) electrons. The van der Waals surface area contributed by atoms with E-state index in [9.17, 15) is 9.18 Å². The second-order valence-electron chi connectivity index (χ2n) is 3.63. The molecule has 0 fully saturated rings. The lowest BCUT2D eigenvalue weighted by Crippen LogP contribution is -2.15. The Hall–Kier alpha value is -1.88. The number of aryl methyl sites for hydroxylation is 1. The van der Waals surface area contributed by atoms with Crippen molar-refractivity contribution in [2.45, 2.75) is 6.92 Å². The van der Waals surface area contributed by atoms with Gasteiger partial charge in [-0.05, 0) is 19.1 Å². The van der Waals surface area contributed by atoms with Gasteiger partial charge in [0.2, 0.25) is 5.82 Å². The molecule has 0 aliphatic heterocycles. The van der Waals surface area contributed by atoms with Crippen LogP contribution in [0, 0.1) is 12.7 Å². The first-order valence-corrected chi connectivity index (χ1v) is 5.51. The number of hydrogen-bond acceptors (Lipinski definition) is 3. The molecule has 1 aromatic carbocycles. The number of aromatic amines is 1. The first-order valence-electron chi connectivity index (χ1n) is 5.14. The largest absolute Gasteiger partial charge is 0.496 e. The van der Waals surface area contributed by atoms with Gasteiger partial charge in [-0.15, -0.1) is 0 Å². The molecule has 0 saturated carbocycles. The topological polar surface area (TPSA) is 55.0 Å². The molecule has 6 heteroatoms. The van der Waals surface area contributed by atoms with Crippen molar-refractivity contribution in [1.29, 1.82) is 0 Å². The van der Waals surface area contributed by atoms with E-state index in [0.717, 1.165) is 0 Å². The second kappa shape index (κ2) is 4.78. The molecule has 2 rings (SSSR count). The number of methoxy groups -OCH3 is 1. The molecule has 0 saturated heterocycles. The lowest BCUT2D eigenvalue weighted by atomic mass is 10.2. The fraction of sp³-hybridized carbons (Fsp3) is 0.167. The summed E-state index contributed by atoms with van der Waals surface area (Å²) in [6.45, 7) is 1.41. The Kier molecular flexibility index (Phi) is 3.34. The fourth-order valence-corrected chi connectivity index (χ4v) is 1.85. The van der Waals surface area contributed by atoms with Crippen molar-refractivity contribution in [2.24, 2.45) is 0 Å². The summed E-state index contributed by atoms with van der Waals surface area (Å²) in [6.07, 6.45) is 0. The van der Waals surface area contributed by atoms with E-state index in [2.05, 4.69) is 9.97 Å². The van der Waals surface area contributed by atoms with Crippen LogP contribution in [0.5, 0.6) is 5.75 Å². The Morgan fingerprint density at radius 2 is 2.17 bits per heavy atom. The van der Waals surface area contributed by atoms with E-state index in [1.54, 1.807) is 18.2 Å². The van der Waals surface area contributed by atoms with Crippen LogP contribution in [-0.4, -0.2) is 17.1 Å². The van der Waals surface area contributed by atoms with Gasteiger partial charge in [0.1, 0.15) is 11.6 Å². The molecule has 0 aliphatic rings. The normalized spacial score (nSPS) is 10.4. The van der Waals surface area contributed by atoms with E-state index < -0.39 is 11.4 Å². The number of aromatic nitrogens is 2. The SMILES string of the molecule is COc1cccc(Cl)c1-c1nc(C)c(F)c(=O)[nH]1. The van der Waals surface area contributed by atoms with Crippen molar-refractivity contribution in [3.8, 4) is 17.1 Å². The van der Waals surface area contributed by atoms with E-state index in [-0.39, 0.29) is 11.5 Å². The highest BCUT2D eigenvalue weighted by Gasteiger charge is 2.15. The number of benzene rings is 1. The minimum atomic E-state index is -0.898. The molecule has 0 aliphatic carbocycles. The third-order valence-corrected chi connectivity index (χ3v) is 2.78. The van der Waals surface area contributed by atoms with E-state index >= 15 is 0 Å². The van der Waals surface area contributed by atoms with Crippen LogP contribution >= 0.6 is 11.6 Å². The highest BCUT2D eigenvalue weighted by Crippen LogP contribution is 2.33.